The Morgan fingerprint density at radius 3 is 2.65 bits per heavy atom. The van der Waals surface area contributed by atoms with Gasteiger partial charge in [0.15, 0.2) is 0 Å². The average molecular weight is 363 g/mol. The number of sulfonamides is 1. The molecule has 112 valence electrons. The third kappa shape index (κ3) is 2.45. The zero-order chi connectivity index (χ0) is 14.3. The molecule has 2 saturated heterocycles. The van der Waals surface area contributed by atoms with E-state index in [0.29, 0.717) is 17.1 Å². The monoisotopic (exact) mass is 362 g/mol. The van der Waals surface area contributed by atoms with Gasteiger partial charge in [-0.25, -0.2) is 8.42 Å². The lowest BCUT2D eigenvalue weighted by molar-refractivity contribution is 0.250. The summed E-state index contributed by atoms with van der Waals surface area (Å²) in [5.74, 6) is 0. The fourth-order valence-corrected chi connectivity index (χ4v) is 5.70. The van der Waals surface area contributed by atoms with Gasteiger partial charge in [-0.2, -0.15) is 4.31 Å². The van der Waals surface area contributed by atoms with Crippen molar-refractivity contribution in [1.82, 2.24) is 9.21 Å². The van der Waals surface area contributed by atoms with Crippen molar-refractivity contribution >= 4 is 26.0 Å². The van der Waals surface area contributed by atoms with Crippen LogP contribution in [-0.4, -0.2) is 49.3 Å². The number of nitrogens with zero attached hydrogens (tertiary/aromatic N) is 2. The first-order valence-electron chi connectivity index (χ1n) is 6.99. The molecule has 0 saturated carbocycles. The Balaban J connectivity index is 1.82. The minimum Gasteiger partial charge on any atom is -0.451 e. The molecule has 0 aromatic carbocycles. The van der Waals surface area contributed by atoms with Gasteiger partial charge in [-0.05, 0) is 61.3 Å². The summed E-state index contributed by atoms with van der Waals surface area (Å²) in [6, 6.07) is 1.98. The highest BCUT2D eigenvalue weighted by Crippen LogP contribution is 2.33. The third-order valence-corrected chi connectivity index (χ3v) is 7.08. The molecule has 2 aliphatic heterocycles. The van der Waals surface area contributed by atoms with Crippen LogP contribution in [0, 0.1) is 0 Å². The van der Waals surface area contributed by atoms with Gasteiger partial charge in [-0.3, -0.25) is 4.90 Å². The van der Waals surface area contributed by atoms with Gasteiger partial charge in [0, 0.05) is 18.6 Å². The van der Waals surface area contributed by atoms with E-state index in [4.69, 9.17) is 4.42 Å². The second kappa shape index (κ2) is 5.44. The molecule has 2 atom stereocenters. The summed E-state index contributed by atoms with van der Waals surface area (Å²) in [5.41, 5.74) is 0. The van der Waals surface area contributed by atoms with E-state index in [0.717, 1.165) is 19.5 Å². The molecule has 0 aliphatic carbocycles. The van der Waals surface area contributed by atoms with Crippen molar-refractivity contribution in [3.63, 3.8) is 0 Å². The van der Waals surface area contributed by atoms with Crippen molar-refractivity contribution in [2.45, 2.75) is 43.4 Å². The molecule has 2 unspecified atom stereocenters. The second-order valence-corrected chi connectivity index (χ2v) is 8.26. The third-order valence-electron chi connectivity index (χ3n) is 4.28. The largest absolute Gasteiger partial charge is 0.451 e. The van der Waals surface area contributed by atoms with E-state index in [1.807, 2.05) is 6.92 Å². The maximum Gasteiger partial charge on any atom is 0.277 e. The smallest absolute Gasteiger partial charge is 0.277 e. The lowest BCUT2D eigenvalue weighted by atomic mass is 10.2. The first kappa shape index (κ1) is 14.6. The molecule has 0 N–H and O–H groups in total. The minimum atomic E-state index is -3.54. The fraction of sp³-hybridized carbons (Fsp3) is 0.692. The van der Waals surface area contributed by atoms with E-state index in [1.165, 1.54) is 19.1 Å². The number of hydrogen-bond acceptors (Lipinski definition) is 4. The summed E-state index contributed by atoms with van der Waals surface area (Å²) >= 11 is 3.24. The van der Waals surface area contributed by atoms with E-state index in [1.54, 1.807) is 10.4 Å². The summed E-state index contributed by atoms with van der Waals surface area (Å²) in [4.78, 5) is 2.42. The maximum atomic E-state index is 12.7. The molecule has 0 bridgehead atoms. The Bertz CT molecular complexity index is 580. The highest BCUT2D eigenvalue weighted by atomic mass is 79.9. The molecule has 2 fully saturated rings. The molecule has 0 amide bonds. The van der Waals surface area contributed by atoms with Crippen molar-refractivity contribution in [2.75, 3.05) is 19.6 Å². The zero-order valence-corrected chi connectivity index (χ0v) is 13.9. The van der Waals surface area contributed by atoms with E-state index in [9.17, 15) is 8.42 Å². The quantitative estimate of drug-likeness (QED) is 0.827. The van der Waals surface area contributed by atoms with Crippen molar-refractivity contribution in [3.8, 4) is 0 Å². The molecule has 20 heavy (non-hydrogen) atoms. The van der Waals surface area contributed by atoms with Crippen LogP contribution in [-0.2, 0) is 10.0 Å². The Hall–Kier alpha value is -0.370. The molecule has 3 rings (SSSR count). The van der Waals surface area contributed by atoms with E-state index < -0.39 is 10.0 Å². The van der Waals surface area contributed by atoms with Gasteiger partial charge in [-0.15, -0.1) is 0 Å². The summed E-state index contributed by atoms with van der Waals surface area (Å²) in [6.07, 6.45) is 4.75. The second-order valence-electron chi connectivity index (χ2n) is 5.61. The van der Waals surface area contributed by atoms with Crippen LogP contribution in [0.1, 0.15) is 26.2 Å². The van der Waals surface area contributed by atoms with Crippen molar-refractivity contribution in [2.24, 2.45) is 0 Å². The number of rotatable bonds is 3. The lowest BCUT2D eigenvalue weighted by Gasteiger charge is -2.23. The van der Waals surface area contributed by atoms with Gasteiger partial charge in [0.1, 0.15) is 0 Å². The van der Waals surface area contributed by atoms with Crippen LogP contribution in [0.3, 0.4) is 0 Å². The number of likely N-dealkylation sites (tertiary alicyclic amines) is 1. The first-order chi connectivity index (χ1) is 9.50. The minimum absolute atomic E-state index is 0.0163. The summed E-state index contributed by atoms with van der Waals surface area (Å²) in [7, 11) is -3.54. The van der Waals surface area contributed by atoms with E-state index in [2.05, 4.69) is 20.8 Å². The molecule has 7 heteroatoms. The first-order valence-corrected chi connectivity index (χ1v) is 9.22. The standard InChI is InChI=1S/C13H19BrN2O3S/c1-10-8-11(15-5-2-3-6-15)9-16(10)20(17,18)13-12(14)4-7-19-13/h4,7,10-11H,2-3,5-6,8-9H2,1H3. The van der Waals surface area contributed by atoms with Crippen LogP contribution < -0.4 is 0 Å². The van der Waals surface area contributed by atoms with Gasteiger partial charge in [0.25, 0.3) is 10.0 Å². The summed E-state index contributed by atoms with van der Waals surface area (Å²) < 4.78 is 32.6. The predicted molar refractivity (Wildman–Crippen MR) is 79.0 cm³/mol. The molecule has 2 aliphatic rings. The Labute approximate surface area is 128 Å². The van der Waals surface area contributed by atoms with Crippen LogP contribution in [0.5, 0.6) is 0 Å². The topological polar surface area (TPSA) is 53.8 Å². The molecule has 5 nitrogen and oxygen atoms in total. The van der Waals surface area contributed by atoms with Gasteiger partial charge in [-0.1, -0.05) is 0 Å². The maximum absolute atomic E-state index is 12.7. The highest BCUT2D eigenvalue weighted by Gasteiger charge is 2.42. The number of hydrogen-bond donors (Lipinski definition) is 0. The summed E-state index contributed by atoms with van der Waals surface area (Å²) in [6.45, 7) is 4.73. The van der Waals surface area contributed by atoms with E-state index >= 15 is 0 Å². The fourth-order valence-electron chi connectivity index (χ4n) is 3.25. The van der Waals surface area contributed by atoms with Gasteiger partial charge in [0.2, 0.25) is 5.09 Å². The van der Waals surface area contributed by atoms with Crippen molar-refractivity contribution < 1.29 is 12.8 Å². The van der Waals surface area contributed by atoms with Crippen molar-refractivity contribution in [1.29, 1.82) is 0 Å². The number of furan rings is 1. The zero-order valence-electron chi connectivity index (χ0n) is 11.5. The Morgan fingerprint density at radius 1 is 1.35 bits per heavy atom. The Morgan fingerprint density at radius 2 is 2.05 bits per heavy atom. The molecule has 0 spiro atoms. The van der Waals surface area contributed by atoms with Crippen LogP contribution in [0.25, 0.3) is 0 Å². The van der Waals surface area contributed by atoms with Crippen LogP contribution in [0.15, 0.2) is 26.3 Å². The van der Waals surface area contributed by atoms with Crippen LogP contribution >= 0.6 is 15.9 Å². The predicted octanol–water partition coefficient (Wildman–Crippen LogP) is 2.29. The summed E-state index contributed by atoms with van der Waals surface area (Å²) in [5, 5.41) is 0.0198. The van der Waals surface area contributed by atoms with Crippen LogP contribution in [0.2, 0.25) is 0 Å². The molecule has 0 radical (unpaired) electrons. The van der Waals surface area contributed by atoms with Crippen molar-refractivity contribution in [3.05, 3.63) is 16.8 Å². The molecular formula is C13H19BrN2O3S. The Kier molecular flexibility index (Phi) is 3.96. The lowest BCUT2D eigenvalue weighted by Crippen LogP contribution is -2.38. The van der Waals surface area contributed by atoms with Gasteiger partial charge >= 0.3 is 0 Å². The molecular weight excluding hydrogens is 344 g/mol. The van der Waals surface area contributed by atoms with E-state index in [-0.39, 0.29) is 11.1 Å². The van der Waals surface area contributed by atoms with Crippen LogP contribution in [0.4, 0.5) is 0 Å². The average Bonchev–Trinajstić information content (AvgIpc) is 3.07. The molecule has 1 aromatic rings. The SMILES string of the molecule is CC1CC(N2CCCC2)CN1S(=O)(=O)c1occc1Br. The number of halogens is 1. The molecule has 3 heterocycles. The van der Waals surface area contributed by atoms with Gasteiger partial charge in [0.05, 0.1) is 10.7 Å². The normalized spacial score (nSPS) is 29.3. The highest BCUT2D eigenvalue weighted by molar-refractivity contribution is 9.10. The van der Waals surface area contributed by atoms with Gasteiger partial charge < -0.3 is 4.42 Å². The molecule has 1 aromatic heterocycles.